The van der Waals surface area contributed by atoms with Gasteiger partial charge in [0, 0.05) is 0 Å². The zero-order valence-electron chi connectivity index (χ0n) is 10.4. The fourth-order valence-corrected chi connectivity index (χ4v) is 2.24. The molecule has 1 N–H and O–H groups in total. The number of carbonyl (C=O) groups excluding carboxylic acids is 1. The first-order valence-corrected chi connectivity index (χ1v) is 6.63. The molecule has 6 nitrogen and oxygen atoms in total. The summed E-state index contributed by atoms with van der Waals surface area (Å²) in [7, 11) is -3.75. The van der Waals surface area contributed by atoms with E-state index in [2.05, 4.69) is 9.57 Å². The van der Waals surface area contributed by atoms with E-state index in [4.69, 9.17) is 0 Å². The average molecular weight is 331 g/mol. The third kappa shape index (κ3) is 4.95. The van der Waals surface area contributed by atoms with Crippen molar-refractivity contribution >= 4 is 16.0 Å². The lowest BCUT2D eigenvalue weighted by Crippen LogP contribution is -2.30. The van der Waals surface area contributed by atoms with Crippen LogP contribution in [0.15, 0.2) is 23.1 Å². The highest BCUT2D eigenvalue weighted by Crippen LogP contribution is 2.19. The quantitative estimate of drug-likeness (QED) is 0.501. The van der Waals surface area contributed by atoms with E-state index in [1.165, 1.54) is 0 Å². The Bertz CT molecular complexity index is 629. The summed E-state index contributed by atoms with van der Waals surface area (Å²) in [5, 5.41) is 0. The molecule has 0 fully saturated rings. The number of carbonyl (C=O) groups is 1. The molecule has 0 heterocycles. The smallest absolute Gasteiger partial charge is 0.413 e. The third-order valence-electron chi connectivity index (χ3n) is 2.04. The topological polar surface area (TPSA) is 81.7 Å². The minimum Gasteiger partial charge on any atom is -0.465 e. The molecule has 0 aliphatic rings. The van der Waals surface area contributed by atoms with Crippen molar-refractivity contribution < 1.29 is 40.3 Å². The number of rotatable bonds is 5. The summed E-state index contributed by atoms with van der Waals surface area (Å²) >= 11 is 0. The summed E-state index contributed by atoms with van der Waals surface area (Å²) in [5.41, 5.74) is -0.554. The number of esters is 1. The SMILES string of the molecule is COC(=O)c1ccc(F)cc1S(=O)(=O)NOCC(F)(F)F. The Morgan fingerprint density at radius 2 is 1.95 bits per heavy atom. The number of hydrogen-bond acceptors (Lipinski definition) is 5. The van der Waals surface area contributed by atoms with Crippen LogP contribution < -0.4 is 4.89 Å². The van der Waals surface area contributed by atoms with E-state index in [9.17, 15) is 30.8 Å². The van der Waals surface area contributed by atoms with Gasteiger partial charge in [-0.1, -0.05) is 4.89 Å². The number of halogens is 4. The summed E-state index contributed by atoms with van der Waals surface area (Å²) < 4.78 is 76.5. The molecule has 0 aromatic heterocycles. The number of methoxy groups -OCH3 is 1. The second-order valence-corrected chi connectivity index (χ2v) is 5.24. The molecule has 0 aliphatic carbocycles. The standard InChI is InChI=1S/C10H9F4NO5S/c1-19-9(16)7-3-2-6(11)4-8(7)21(17,18)15-20-5-10(12,13)14/h2-4,15H,5H2,1H3. The van der Waals surface area contributed by atoms with Gasteiger partial charge in [-0.15, -0.1) is 0 Å². The summed E-state index contributed by atoms with van der Waals surface area (Å²) in [6.07, 6.45) is -4.77. The van der Waals surface area contributed by atoms with Crippen LogP contribution in [0.4, 0.5) is 17.6 Å². The zero-order valence-corrected chi connectivity index (χ0v) is 11.2. The Morgan fingerprint density at radius 1 is 1.33 bits per heavy atom. The number of sulfonamides is 1. The first kappa shape index (κ1) is 17.3. The predicted octanol–water partition coefficient (Wildman–Crippen LogP) is 1.38. The summed E-state index contributed by atoms with van der Waals surface area (Å²) in [6, 6.07) is 2.06. The van der Waals surface area contributed by atoms with E-state index in [-0.39, 0.29) is 0 Å². The maximum Gasteiger partial charge on any atom is 0.413 e. The van der Waals surface area contributed by atoms with Gasteiger partial charge in [-0.2, -0.15) is 13.2 Å². The number of benzene rings is 1. The van der Waals surface area contributed by atoms with Crippen molar-refractivity contribution in [2.24, 2.45) is 0 Å². The minimum atomic E-state index is -4.77. The molecule has 0 amide bonds. The Hall–Kier alpha value is -1.72. The monoisotopic (exact) mass is 331 g/mol. The van der Waals surface area contributed by atoms with Crippen LogP contribution in [0.5, 0.6) is 0 Å². The van der Waals surface area contributed by atoms with Crippen LogP contribution in [0.25, 0.3) is 0 Å². The van der Waals surface area contributed by atoms with Gasteiger partial charge in [0.1, 0.15) is 10.7 Å². The molecule has 0 bridgehead atoms. The Kier molecular flexibility index (Phi) is 5.25. The Balaban J connectivity index is 3.07. The van der Waals surface area contributed by atoms with Crippen molar-refractivity contribution in [1.29, 1.82) is 0 Å². The van der Waals surface area contributed by atoms with Crippen molar-refractivity contribution in [3.8, 4) is 0 Å². The van der Waals surface area contributed by atoms with Crippen molar-refractivity contribution in [2.45, 2.75) is 11.1 Å². The molecular weight excluding hydrogens is 322 g/mol. The van der Waals surface area contributed by atoms with Gasteiger partial charge in [-0.25, -0.2) is 17.6 Å². The summed E-state index contributed by atoms with van der Waals surface area (Å²) in [4.78, 5) is 15.4. The normalized spacial score (nSPS) is 12.2. The summed E-state index contributed by atoms with van der Waals surface area (Å²) in [6.45, 7) is -1.89. The van der Waals surface area contributed by atoms with Gasteiger partial charge in [-0.3, -0.25) is 4.84 Å². The van der Waals surface area contributed by atoms with Gasteiger partial charge >= 0.3 is 12.1 Å². The molecular formula is C10H9F4NO5S. The first-order chi connectivity index (χ1) is 9.57. The molecule has 1 aromatic carbocycles. The van der Waals surface area contributed by atoms with Gasteiger partial charge in [0.25, 0.3) is 10.0 Å². The molecule has 0 saturated heterocycles. The van der Waals surface area contributed by atoms with Crippen LogP contribution >= 0.6 is 0 Å². The van der Waals surface area contributed by atoms with E-state index in [0.29, 0.717) is 6.07 Å². The van der Waals surface area contributed by atoms with Gasteiger partial charge in [-0.05, 0) is 18.2 Å². The van der Waals surface area contributed by atoms with E-state index < -0.39 is 45.1 Å². The van der Waals surface area contributed by atoms with Crippen LogP contribution in [0.2, 0.25) is 0 Å². The van der Waals surface area contributed by atoms with E-state index >= 15 is 0 Å². The van der Waals surface area contributed by atoms with Gasteiger partial charge < -0.3 is 4.74 Å². The molecule has 0 atom stereocenters. The van der Waals surface area contributed by atoms with E-state index in [1.807, 2.05) is 0 Å². The second-order valence-electron chi connectivity index (χ2n) is 3.62. The van der Waals surface area contributed by atoms with Crippen LogP contribution in [0, 0.1) is 5.82 Å². The molecule has 21 heavy (non-hydrogen) atoms. The molecule has 0 saturated carbocycles. The van der Waals surface area contributed by atoms with Crippen molar-refractivity contribution in [1.82, 2.24) is 4.89 Å². The fourth-order valence-electron chi connectivity index (χ4n) is 1.23. The highest BCUT2D eigenvalue weighted by atomic mass is 32.2. The average Bonchev–Trinajstić information content (AvgIpc) is 2.36. The highest BCUT2D eigenvalue weighted by molar-refractivity contribution is 7.89. The number of hydrogen-bond donors (Lipinski definition) is 1. The molecule has 1 rings (SSSR count). The van der Waals surface area contributed by atoms with Crippen molar-refractivity contribution in [3.05, 3.63) is 29.6 Å². The molecule has 11 heteroatoms. The lowest BCUT2D eigenvalue weighted by Gasteiger charge is -2.11. The molecule has 1 aromatic rings. The van der Waals surface area contributed by atoms with Crippen molar-refractivity contribution in [2.75, 3.05) is 13.7 Å². The molecule has 0 unspecified atom stereocenters. The molecule has 118 valence electrons. The van der Waals surface area contributed by atoms with Gasteiger partial charge in [0.2, 0.25) is 0 Å². The van der Waals surface area contributed by atoms with Crippen molar-refractivity contribution in [3.63, 3.8) is 0 Å². The third-order valence-corrected chi connectivity index (χ3v) is 3.30. The van der Waals surface area contributed by atoms with E-state index in [0.717, 1.165) is 24.1 Å². The van der Waals surface area contributed by atoms with Crippen LogP contribution in [0.1, 0.15) is 10.4 Å². The van der Waals surface area contributed by atoms with E-state index in [1.54, 1.807) is 0 Å². The largest absolute Gasteiger partial charge is 0.465 e. The lowest BCUT2D eigenvalue weighted by atomic mass is 10.2. The van der Waals surface area contributed by atoms with Gasteiger partial charge in [0.05, 0.1) is 12.7 Å². The predicted molar refractivity (Wildman–Crippen MR) is 60.1 cm³/mol. The van der Waals surface area contributed by atoms with Crippen LogP contribution in [-0.2, 0) is 19.6 Å². The maximum atomic E-state index is 13.1. The molecule has 0 spiro atoms. The van der Waals surface area contributed by atoms with Gasteiger partial charge in [0.15, 0.2) is 6.61 Å². The number of nitrogens with one attached hydrogen (secondary N) is 1. The fraction of sp³-hybridized carbons (Fsp3) is 0.300. The minimum absolute atomic E-state index is 0.450. The second kappa shape index (κ2) is 6.37. The Morgan fingerprint density at radius 3 is 2.48 bits per heavy atom. The number of ether oxygens (including phenoxy) is 1. The highest BCUT2D eigenvalue weighted by Gasteiger charge is 2.30. The molecule has 0 radical (unpaired) electrons. The first-order valence-electron chi connectivity index (χ1n) is 5.15. The Labute approximate surface area is 116 Å². The van der Waals surface area contributed by atoms with Crippen LogP contribution in [0.3, 0.4) is 0 Å². The van der Waals surface area contributed by atoms with Crippen LogP contribution in [-0.4, -0.2) is 34.3 Å². The summed E-state index contributed by atoms with van der Waals surface area (Å²) in [5.74, 6) is -2.12. The zero-order chi connectivity index (χ0) is 16.3. The maximum absolute atomic E-state index is 13.1. The number of alkyl halides is 3. The lowest BCUT2D eigenvalue weighted by molar-refractivity contribution is -0.181. The molecule has 0 aliphatic heterocycles.